The van der Waals surface area contributed by atoms with E-state index in [-0.39, 0.29) is 6.09 Å². The highest BCUT2D eigenvalue weighted by molar-refractivity contribution is 7.99. The van der Waals surface area contributed by atoms with Crippen molar-refractivity contribution < 1.29 is 9.53 Å². The van der Waals surface area contributed by atoms with Crippen molar-refractivity contribution in [2.24, 2.45) is 0 Å². The van der Waals surface area contributed by atoms with Gasteiger partial charge in [0.2, 0.25) is 0 Å². The summed E-state index contributed by atoms with van der Waals surface area (Å²) in [5, 5.41) is 3.62. The van der Waals surface area contributed by atoms with Crippen LogP contribution in [0.25, 0.3) is 0 Å². The van der Waals surface area contributed by atoms with E-state index in [4.69, 9.17) is 4.74 Å². The molecule has 1 N–H and O–H groups in total. The van der Waals surface area contributed by atoms with Crippen molar-refractivity contribution in [2.75, 3.05) is 32.4 Å². The quantitative estimate of drug-likeness (QED) is 0.854. The second kappa shape index (κ2) is 7.24. The first-order valence-corrected chi connectivity index (χ1v) is 7.91. The molecule has 0 saturated carbocycles. The Balaban J connectivity index is 2.10. The van der Waals surface area contributed by atoms with Gasteiger partial charge in [0.15, 0.2) is 0 Å². The fourth-order valence-electron chi connectivity index (χ4n) is 2.00. The van der Waals surface area contributed by atoms with Crippen molar-refractivity contribution in [3.8, 4) is 0 Å². The molecule has 0 aliphatic carbocycles. The Kier molecular flexibility index (Phi) is 6.29. The minimum absolute atomic E-state index is 0.318. The normalized spacial score (nSPS) is 18.7. The molecule has 1 aliphatic heterocycles. The Morgan fingerprint density at radius 1 is 1.39 bits per heavy atom. The van der Waals surface area contributed by atoms with Crippen LogP contribution in [0.5, 0.6) is 0 Å². The van der Waals surface area contributed by atoms with Crippen LogP contribution in [0.4, 0.5) is 4.79 Å². The average molecular weight is 274 g/mol. The van der Waals surface area contributed by atoms with Crippen LogP contribution in [0.15, 0.2) is 0 Å². The minimum atomic E-state index is -0.416. The molecule has 0 spiro atoms. The van der Waals surface area contributed by atoms with Crippen LogP contribution in [0.1, 0.15) is 33.6 Å². The van der Waals surface area contributed by atoms with E-state index in [1.165, 1.54) is 12.8 Å². The minimum Gasteiger partial charge on any atom is -0.444 e. The Morgan fingerprint density at radius 3 is 2.50 bits per heavy atom. The lowest BCUT2D eigenvalue weighted by atomic mass is 10.1. The predicted octanol–water partition coefficient (Wildman–Crippen LogP) is 2.34. The second-order valence-electron chi connectivity index (χ2n) is 5.71. The topological polar surface area (TPSA) is 41.6 Å². The molecule has 5 heteroatoms. The van der Waals surface area contributed by atoms with Gasteiger partial charge in [-0.15, -0.1) is 0 Å². The van der Waals surface area contributed by atoms with Crippen molar-refractivity contribution in [2.45, 2.75) is 44.5 Å². The van der Waals surface area contributed by atoms with Crippen LogP contribution in [0.3, 0.4) is 0 Å². The third-order valence-corrected chi connectivity index (χ3v) is 4.10. The molecule has 1 heterocycles. The van der Waals surface area contributed by atoms with Gasteiger partial charge in [0.1, 0.15) is 5.60 Å². The number of likely N-dealkylation sites (tertiary alicyclic amines) is 1. The fourth-order valence-corrected chi connectivity index (χ4v) is 2.68. The summed E-state index contributed by atoms with van der Waals surface area (Å²) >= 11 is 1.97. The number of alkyl carbamates (subject to hydrolysis) is 1. The lowest BCUT2D eigenvalue weighted by Gasteiger charge is -2.31. The van der Waals surface area contributed by atoms with E-state index in [1.54, 1.807) is 0 Å². The SMILES string of the molecule is CSC1CCN(CCNC(=O)OC(C)(C)C)CC1. The van der Waals surface area contributed by atoms with E-state index in [2.05, 4.69) is 16.5 Å². The zero-order valence-electron chi connectivity index (χ0n) is 12.0. The Morgan fingerprint density at radius 2 is 2.00 bits per heavy atom. The number of amides is 1. The molecule has 1 amide bonds. The van der Waals surface area contributed by atoms with Crippen LogP contribution >= 0.6 is 11.8 Å². The van der Waals surface area contributed by atoms with Gasteiger partial charge in [0.05, 0.1) is 0 Å². The maximum absolute atomic E-state index is 11.4. The van der Waals surface area contributed by atoms with Gasteiger partial charge in [-0.1, -0.05) is 0 Å². The van der Waals surface area contributed by atoms with Gasteiger partial charge >= 0.3 is 6.09 Å². The highest BCUT2D eigenvalue weighted by Gasteiger charge is 2.19. The molecular weight excluding hydrogens is 248 g/mol. The number of hydrogen-bond acceptors (Lipinski definition) is 4. The van der Waals surface area contributed by atoms with Gasteiger partial charge < -0.3 is 15.0 Å². The molecule has 0 radical (unpaired) electrons. The third kappa shape index (κ3) is 6.50. The first-order valence-electron chi connectivity index (χ1n) is 6.63. The van der Waals surface area contributed by atoms with Crippen molar-refractivity contribution in [3.63, 3.8) is 0 Å². The zero-order valence-corrected chi connectivity index (χ0v) is 12.8. The number of ether oxygens (including phenoxy) is 1. The standard InChI is InChI=1S/C13H26N2O2S/c1-13(2,3)17-12(16)14-7-10-15-8-5-11(18-4)6-9-15/h11H,5-10H2,1-4H3,(H,14,16). The number of carbonyl (C=O) groups is 1. The van der Waals surface area contributed by atoms with Crippen LogP contribution in [0.2, 0.25) is 0 Å². The smallest absolute Gasteiger partial charge is 0.407 e. The number of rotatable bonds is 4. The molecule has 1 aliphatic rings. The number of thioether (sulfide) groups is 1. The van der Waals surface area contributed by atoms with E-state index < -0.39 is 5.60 Å². The maximum atomic E-state index is 11.4. The third-order valence-electron chi connectivity index (χ3n) is 2.96. The molecule has 0 aromatic rings. The molecule has 1 rings (SSSR count). The summed E-state index contributed by atoms with van der Waals surface area (Å²) in [7, 11) is 0. The van der Waals surface area contributed by atoms with Gasteiger partial charge in [0, 0.05) is 18.3 Å². The lowest BCUT2D eigenvalue weighted by molar-refractivity contribution is 0.0521. The van der Waals surface area contributed by atoms with E-state index in [0.717, 1.165) is 24.9 Å². The molecule has 0 bridgehead atoms. The van der Waals surface area contributed by atoms with Crippen molar-refractivity contribution in [1.82, 2.24) is 10.2 Å². The summed E-state index contributed by atoms with van der Waals surface area (Å²) in [5.41, 5.74) is -0.416. The summed E-state index contributed by atoms with van der Waals surface area (Å²) < 4.78 is 5.19. The lowest BCUT2D eigenvalue weighted by Crippen LogP contribution is -2.41. The molecule has 0 unspecified atom stereocenters. The van der Waals surface area contributed by atoms with Gasteiger partial charge in [-0.3, -0.25) is 0 Å². The molecule has 1 saturated heterocycles. The molecule has 18 heavy (non-hydrogen) atoms. The number of nitrogens with zero attached hydrogens (tertiary/aromatic N) is 1. The summed E-state index contributed by atoms with van der Waals surface area (Å²) in [6, 6.07) is 0. The van der Waals surface area contributed by atoms with Crippen LogP contribution in [-0.4, -0.2) is 54.3 Å². The van der Waals surface area contributed by atoms with Crippen molar-refractivity contribution in [3.05, 3.63) is 0 Å². The molecule has 0 atom stereocenters. The van der Waals surface area contributed by atoms with Gasteiger partial charge in [0.25, 0.3) is 0 Å². The largest absolute Gasteiger partial charge is 0.444 e. The number of piperidine rings is 1. The maximum Gasteiger partial charge on any atom is 0.407 e. The van der Waals surface area contributed by atoms with E-state index >= 15 is 0 Å². The second-order valence-corrected chi connectivity index (χ2v) is 6.84. The van der Waals surface area contributed by atoms with Gasteiger partial charge in [-0.05, 0) is 53.0 Å². The first kappa shape index (κ1) is 15.6. The number of nitrogens with one attached hydrogen (secondary N) is 1. The average Bonchev–Trinajstić information content (AvgIpc) is 2.27. The zero-order chi connectivity index (χ0) is 13.6. The Labute approximate surface area is 115 Å². The van der Waals surface area contributed by atoms with Crippen molar-refractivity contribution in [1.29, 1.82) is 0 Å². The Hall–Kier alpha value is -0.420. The molecular formula is C13H26N2O2S. The van der Waals surface area contributed by atoms with Crippen LogP contribution in [0, 0.1) is 0 Å². The van der Waals surface area contributed by atoms with Crippen LogP contribution < -0.4 is 5.32 Å². The summed E-state index contributed by atoms with van der Waals surface area (Å²) in [6.07, 6.45) is 4.38. The van der Waals surface area contributed by atoms with E-state index in [0.29, 0.717) is 6.54 Å². The number of carbonyl (C=O) groups excluding carboxylic acids is 1. The summed E-state index contributed by atoms with van der Waals surface area (Å²) in [5.74, 6) is 0. The van der Waals surface area contributed by atoms with Crippen molar-refractivity contribution >= 4 is 17.9 Å². The number of hydrogen-bond donors (Lipinski definition) is 1. The monoisotopic (exact) mass is 274 g/mol. The summed E-state index contributed by atoms with van der Waals surface area (Å²) in [6.45, 7) is 9.49. The molecule has 4 nitrogen and oxygen atoms in total. The van der Waals surface area contributed by atoms with E-state index in [1.807, 2.05) is 32.5 Å². The molecule has 0 aromatic carbocycles. The fraction of sp³-hybridized carbons (Fsp3) is 0.923. The molecule has 106 valence electrons. The molecule has 0 aromatic heterocycles. The summed E-state index contributed by atoms with van der Waals surface area (Å²) in [4.78, 5) is 13.9. The Bertz CT molecular complexity index is 258. The highest BCUT2D eigenvalue weighted by Crippen LogP contribution is 2.20. The van der Waals surface area contributed by atoms with Gasteiger partial charge in [-0.25, -0.2) is 4.79 Å². The van der Waals surface area contributed by atoms with Crippen LogP contribution in [-0.2, 0) is 4.74 Å². The van der Waals surface area contributed by atoms with Gasteiger partial charge in [-0.2, -0.15) is 11.8 Å². The molecule has 1 fully saturated rings. The first-order chi connectivity index (χ1) is 8.40. The van der Waals surface area contributed by atoms with E-state index in [9.17, 15) is 4.79 Å². The predicted molar refractivity (Wildman–Crippen MR) is 77.2 cm³/mol. The highest BCUT2D eigenvalue weighted by atomic mass is 32.2.